The number of carbonyl (C=O) groups excluding carboxylic acids is 7. The van der Waals surface area contributed by atoms with Crippen molar-refractivity contribution in [3.8, 4) is 0 Å². The van der Waals surface area contributed by atoms with Gasteiger partial charge in [0, 0.05) is 84.7 Å². The third kappa shape index (κ3) is 14.9. The van der Waals surface area contributed by atoms with Crippen molar-refractivity contribution in [2.75, 3.05) is 41.4 Å². The van der Waals surface area contributed by atoms with Gasteiger partial charge in [-0.3, -0.25) is 43.3 Å². The van der Waals surface area contributed by atoms with Crippen molar-refractivity contribution >= 4 is 47.1 Å². The molecule has 3 rings (SSSR count). The Balaban J connectivity index is 1.71. The predicted octanol–water partition coefficient (Wildman–Crippen LogP) is 6.01. The highest BCUT2D eigenvalue weighted by molar-refractivity contribution is 6.12. The Morgan fingerprint density at radius 2 is 1.44 bits per heavy atom. The van der Waals surface area contributed by atoms with Gasteiger partial charge in [0.25, 0.3) is 11.8 Å². The zero-order valence-electron chi connectivity index (χ0n) is 41.4. The Hall–Kier alpha value is -4.76. The van der Waals surface area contributed by atoms with Crippen LogP contribution in [-0.2, 0) is 54.3 Å². The molecule has 0 unspecified atom stereocenters. The van der Waals surface area contributed by atoms with Crippen LogP contribution in [0.1, 0.15) is 118 Å². The number of carbonyl (C=O) groups is 8. The molecule has 5 amide bonds. The first-order valence-electron chi connectivity index (χ1n) is 23.9. The lowest BCUT2D eigenvalue weighted by Crippen LogP contribution is -2.54. The number of carboxylic acid groups (broad SMARTS) is 1. The van der Waals surface area contributed by atoms with Crippen LogP contribution in [0.25, 0.3) is 0 Å². The molecule has 0 spiro atoms. The topological polar surface area (TPSA) is 188 Å². The second kappa shape index (κ2) is 26.5. The zero-order chi connectivity index (χ0) is 49.4. The Morgan fingerprint density at radius 3 is 1.98 bits per heavy atom. The summed E-state index contributed by atoms with van der Waals surface area (Å²) in [6.07, 6.45) is 4.92. The monoisotopic (exact) mass is 923 g/mol. The van der Waals surface area contributed by atoms with Crippen LogP contribution in [0, 0.1) is 35.5 Å². The highest BCUT2D eigenvalue weighted by Gasteiger charge is 2.44. The Morgan fingerprint density at radius 1 is 0.803 bits per heavy atom. The molecule has 1 aromatic carbocycles. The van der Waals surface area contributed by atoms with E-state index in [-0.39, 0.29) is 97.5 Å². The third-order valence-electron chi connectivity index (χ3n) is 14.0. The summed E-state index contributed by atoms with van der Waals surface area (Å²) in [7, 11) is 6.35. The zero-order valence-corrected chi connectivity index (χ0v) is 41.4. The minimum absolute atomic E-state index is 0.0458. The molecule has 368 valence electrons. The predicted molar refractivity (Wildman–Crippen MR) is 251 cm³/mol. The molecule has 2 aliphatic rings. The average molecular weight is 923 g/mol. The van der Waals surface area contributed by atoms with Crippen molar-refractivity contribution < 1.29 is 52.9 Å². The lowest BCUT2D eigenvalue weighted by Gasteiger charge is -2.41. The SMILES string of the molecule is CC[C@@H](C)[C@@H]([C@@H](CC(=O)N1CCC[C@H]1[C@H](OC)[C@@H](C)C(=O)C[C@@H](Cc1ccccc1)C(=O)O)OC)N(C)C(=O)[C@@H](CC(=O)[C@H](C(C)C)N(C)C(=O)CCCCCN1C(=O)C=CC1=O)C(C)C. The van der Waals surface area contributed by atoms with Gasteiger partial charge < -0.3 is 29.3 Å². The van der Waals surface area contributed by atoms with Gasteiger partial charge in [-0.2, -0.15) is 0 Å². The number of methoxy groups -OCH3 is 2. The Kier molecular flexibility index (Phi) is 22.3. The van der Waals surface area contributed by atoms with Crippen LogP contribution < -0.4 is 0 Å². The van der Waals surface area contributed by atoms with E-state index in [0.717, 1.165) is 5.56 Å². The van der Waals surface area contributed by atoms with E-state index in [1.807, 2.05) is 71.9 Å². The maximum Gasteiger partial charge on any atom is 0.307 e. The normalized spacial score (nSPS) is 18.8. The number of amides is 5. The van der Waals surface area contributed by atoms with E-state index in [2.05, 4.69) is 0 Å². The molecular weight excluding hydrogens is 845 g/mol. The molecule has 15 nitrogen and oxygen atoms in total. The number of hydrogen-bond donors (Lipinski definition) is 1. The van der Waals surface area contributed by atoms with Gasteiger partial charge in [-0.1, -0.05) is 91.6 Å². The fraction of sp³-hybridized carbons (Fsp3) is 0.686. The van der Waals surface area contributed by atoms with Crippen molar-refractivity contribution in [1.82, 2.24) is 19.6 Å². The van der Waals surface area contributed by atoms with Crippen LogP contribution in [0.3, 0.4) is 0 Å². The van der Waals surface area contributed by atoms with E-state index >= 15 is 0 Å². The molecule has 2 heterocycles. The smallest absolute Gasteiger partial charge is 0.307 e. The van der Waals surface area contributed by atoms with Gasteiger partial charge in [0.2, 0.25) is 17.7 Å². The highest BCUT2D eigenvalue weighted by Crippen LogP contribution is 2.32. The molecule has 1 N–H and O–H groups in total. The van der Waals surface area contributed by atoms with Crippen LogP contribution in [0.5, 0.6) is 0 Å². The highest BCUT2D eigenvalue weighted by atomic mass is 16.5. The van der Waals surface area contributed by atoms with Crippen LogP contribution in [-0.4, -0.2) is 144 Å². The number of imide groups is 1. The maximum atomic E-state index is 14.6. The summed E-state index contributed by atoms with van der Waals surface area (Å²) in [4.78, 5) is 112. The summed E-state index contributed by atoms with van der Waals surface area (Å²) in [5, 5.41) is 10.00. The number of nitrogens with zero attached hydrogens (tertiary/aromatic N) is 4. The summed E-state index contributed by atoms with van der Waals surface area (Å²) < 4.78 is 12.0. The molecule has 0 radical (unpaired) electrons. The largest absolute Gasteiger partial charge is 0.481 e. The molecular formula is C51H78N4O11. The minimum Gasteiger partial charge on any atom is -0.481 e. The molecule has 9 atom stereocenters. The van der Waals surface area contributed by atoms with Gasteiger partial charge in [-0.05, 0) is 55.4 Å². The lowest BCUT2D eigenvalue weighted by molar-refractivity contribution is -0.150. The first-order valence-corrected chi connectivity index (χ1v) is 23.9. The second-order valence-electron chi connectivity index (χ2n) is 19.2. The van der Waals surface area contributed by atoms with Gasteiger partial charge in [-0.15, -0.1) is 0 Å². The Bertz CT molecular complexity index is 1830. The number of unbranched alkanes of at least 4 members (excludes halogenated alkanes) is 2. The van der Waals surface area contributed by atoms with Crippen LogP contribution in [0.15, 0.2) is 42.5 Å². The Labute approximate surface area is 393 Å². The molecule has 0 saturated carbocycles. The number of carboxylic acids is 1. The summed E-state index contributed by atoms with van der Waals surface area (Å²) in [5.41, 5.74) is 0.828. The van der Waals surface area contributed by atoms with Gasteiger partial charge in [-0.25, -0.2) is 0 Å². The minimum atomic E-state index is -1.05. The molecule has 0 bridgehead atoms. The fourth-order valence-electron chi connectivity index (χ4n) is 9.86. The quantitative estimate of drug-likeness (QED) is 0.0733. The van der Waals surface area contributed by atoms with Gasteiger partial charge >= 0.3 is 5.97 Å². The van der Waals surface area contributed by atoms with E-state index in [0.29, 0.717) is 45.1 Å². The van der Waals surface area contributed by atoms with Crippen molar-refractivity contribution in [2.24, 2.45) is 35.5 Å². The van der Waals surface area contributed by atoms with E-state index in [1.54, 1.807) is 30.8 Å². The molecule has 2 aliphatic heterocycles. The molecule has 1 aromatic rings. The van der Waals surface area contributed by atoms with Crippen molar-refractivity contribution in [1.29, 1.82) is 0 Å². The molecule has 0 aliphatic carbocycles. The summed E-state index contributed by atoms with van der Waals surface area (Å²) in [6, 6.07) is 7.48. The van der Waals surface area contributed by atoms with Crippen LogP contribution >= 0.6 is 0 Å². The van der Waals surface area contributed by atoms with Gasteiger partial charge in [0.05, 0.1) is 42.7 Å². The number of benzene rings is 1. The standard InChI is InChI=1S/C51H78N4O11/c1-12-34(6)48(42(65-10)31-46(61)54-27-19-22-39(54)49(66-11)35(7)40(56)29-37(51(63)64)28-36-20-15-13-16-21-36)53(9)50(62)38(32(2)3)30-41(57)47(33(4)5)52(8)43(58)23-17-14-18-26-55-44(59)24-25-45(55)60/h13,15-16,20-21,24-25,32-35,37-39,42,47-49H,12,14,17-19,22-23,26-31H2,1-11H3,(H,63,64)/t34-,35+,37-,38+,39+,42-,47+,48+,49-/m1/s1. The summed E-state index contributed by atoms with van der Waals surface area (Å²) >= 11 is 0. The van der Waals surface area contributed by atoms with Crippen molar-refractivity contribution in [3.63, 3.8) is 0 Å². The number of ether oxygens (including phenoxy) is 2. The van der Waals surface area contributed by atoms with E-state index < -0.39 is 54.1 Å². The number of Topliss-reactive ketones (excluding diaryl/α,β-unsaturated/α-hetero) is 2. The van der Waals surface area contributed by atoms with E-state index in [9.17, 15) is 43.5 Å². The summed E-state index contributed by atoms with van der Waals surface area (Å²) in [6.45, 7) is 14.0. The van der Waals surface area contributed by atoms with Gasteiger partial charge in [0.15, 0.2) is 5.78 Å². The number of ketones is 2. The second-order valence-corrected chi connectivity index (χ2v) is 19.2. The number of likely N-dealkylation sites (N-methyl/N-ethyl adjacent to an activating group) is 2. The number of hydrogen-bond acceptors (Lipinski definition) is 10. The maximum absolute atomic E-state index is 14.6. The molecule has 0 aromatic heterocycles. The van der Waals surface area contributed by atoms with Crippen LogP contribution in [0.2, 0.25) is 0 Å². The molecule has 1 saturated heterocycles. The summed E-state index contributed by atoms with van der Waals surface area (Å²) in [5.74, 6) is -5.68. The van der Waals surface area contributed by atoms with Crippen molar-refractivity contribution in [3.05, 3.63) is 48.0 Å². The fourth-order valence-corrected chi connectivity index (χ4v) is 9.86. The third-order valence-corrected chi connectivity index (χ3v) is 14.0. The average Bonchev–Trinajstić information content (AvgIpc) is 3.89. The van der Waals surface area contributed by atoms with Gasteiger partial charge in [0.1, 0.15) is 5.78 Å². The molecule has 1 fully saturated rings. The first kappa shape index (κ1) is 55.6. The number of rotatable bonds is 29. The number of likely N-dealkylation sites (tertiary alicyclic amines) is 1. The number of aliphatic carboxylic acids is 1. The van der Waals surface area contributed by atoms with Crippen LogP contribution in [0.4, 0.5) is 0 Å². The molecule has 66 heavy (non-hydrogen) atoms. The molecule has 15 heteroatoms. The lowest BCUT2D eigenvalue weighted by atomic mass is 9.83. The van der Waals surface area contributed by atoms with Crippen molar-refractivity contribution in [2.45, 2.75) is 149 Å². The first-order chi connectivity index (χ1) is 31.2. The van der Waals surface area contributed by atoms with E-state index in [1.165, 1.54) is 36.2 Å². The van der Waals surface area contributed by atoms with E-state index in [4.69, 9.17) is 9.47 Å².